The van der Waals surface area contributed by atoms with Crippen LogP contribution in [0.1, 0.15) is 28.8 Å². The minimum Gasteiger partial charge on any atom is -0.482 e. The van der Waals surface area contributed by atoms with Crippen LogP contribution in [0.5, 0.6) is 5.75 Å². The number of halogens is 2. The van der Waals surface area contributed by atoms with Gasteiger partial charge in [0, 0.05) is 28.9 Å². The lowest BCUT2D eigenvalue weighted by atomic mass is 10.1. The van der Waals surface area contributed by atoms with Gasteiger partial charge in [0.1, 0.15) is 5.75 Å². The van der Waals surface area contributed by atoms with E-state index in [0.29, 0.717) is 23.5 Å². The first-order valence-corrected chi connectivity index (χ1v) is 10.9. The van der Waals surface area contributed by atoms with Crippen molar-refractivity contribution in [3.05, 3.63) is 56.5 Å². The predicted octanol–water partition coefficient (Wildman–Crippen LogP) is 4.45. The van der Waals surface area contributed by atoms with Crippen molar-refractivity contribution in [2.45, 2.75) is 25.9 Å². The van der Waals surface area contributed by atoms with Crippen LogP contribution in [0, 0.1) is 6.92 Å². The summed E-state index contributed by atoms with van der Waals surface area (Å²) in [5, 5.41) is 5.64. The Morgan fingerprint density at radius 2 is 2.07 bits per heavy atom. The van der Waals surface area contributed by atoms with Crippen molar-refractivity contribution in [3.63, 3.8) is 0 Å². The monoisotopic (exact) mass is 524 g/mol. The molecule has 2 N–H and O–H groups in total. The molecule has 0 aliphatic carbocycles. The maximum atomic E-state index is 12.3. The highest BCUT2D eigenvalue weighted by atomic mass is 79.9. The molecule has 2 aromatic rings. The number of amides is 2. The quantitative estimate of drug-likeness (QED) is 0.560. The molecule has 0 saturated carbocycles. The largest absolute Gasteiger partial charge is 0.482 e. The molecule has 2 amide bonds. The SMILES string of the molecule is Cc1cc(Br)cc(Br)c1OCC(=O)Nc1cccc(C(=O)NCC2CCCO2)c1. The first-order chi connectivity index (χ1) is 13.9. The lowest BCUT2D eigenvalue weighted by molar-refractivity contribution is -0.118. The Morgan fingerprint density at radius 1 is 1.24 bits per heavy atom. The second kappa shape index (κ2) is 10.2. The van der Waals surface area contributed by atoms with Gasteiger partial charge in [0.25, 0.3) is 11.8 Å². The van der Waals surface area contributed by atoms with Crippen molar-refractivity contribution in [2.75, 3.05) is 25.1 Å². The maximum Gasteiger partial charge on any atom is 0.262 e. The van der Waals surface area contributed by atoms with Crippen molar-refractivity contribution in [3.8, 4) is 5.75 Å². The second-order valence-electron chi connectivity index (χ2n) is 6.80. The first-order valence-electron chi connectivity index (χ1n) is 9.30. The van der Waals surface area contributed by atoms with Crippen LogP contribution < -0.4 is 15.4 Å². The molecule has 1 saturated heterocycles. The summed E-state index contributed by atoms with van der Waals surface area (Å²) in [6.45, 7) is 3.00. The minimum absolute atomic E-state index is 0.0837. The van der Waals surface area contributed by atoms with Crippen molar-refractivity contribution in [2.24, 2.45) is 0 Å². The molecule has 0 aromatic heterocycles. The Bertz CT molecular complexity index is 875. The Labute approximate surface area is 186 Å². The van der Waals surface area contributed by atoms with Gasteiger partial charge in [-0.1, -0.05) is 22.0 Å². The highest BCUT2D eigenvalue weighted by Gasteiger charge is 2.17. The smallest absolute Gasteiger partial charge is 0.262 e. The van der Waals surface area contributed by atoms with E-state index in [1.165, 1.54) is 0 Å². The molecule has 6 nitrogen and oxygen atoms in total. The van der Waals surface area contributed by atoms with Gasteiger partial charge in [-0.05, 0) is 71.6 Å². The topological polar surface area (TPSA) is 76.7 Å². The zero-order valence-electron chi connectivity index (χ0n) is 16.0. The van der Waals surface area contributed by atoms with E-state index in [1.54, 1.807) is 24.3 Å². The summed E-state index contributed by atoms with van der Waals surface area (Å²) in [7, 11) is 0. The van der Waals surface area contributed by atoms with Crippen molar-refractivity contribution in [1.29, 1.82) is 0 Å². The van der Waals surface area contributed by atoms with Crippen LogP contribution in [0.2, 0.25) is 0 Å². The first kappa shape index (κ1) is 21.8. The number of anilines is 1. The summed E-state index contributed by atoms with van der Waals surface area (Å²) < 4.78 is 12.9. The number of ether oxygens (including phenoxy) is 2. The highest BCUT2D eigenvalue weighted by Crippen LogP contribution is 2.32. The standard InChI is InChI=1S/C21H22Br2N2O4/c1-13-8-15(22)10-18(23)20(13)29-12-19(26)25-16-5-2-4-14(9-16)21(27)24-11-17-6-3-7-28-17/h2,4-5,8-10,17H,3,6-7,11-12H2,1H3,(H,24,27)(H,25,26). The van der Waals surface area contributed by atoms with E-state index in [4.69, 9.17) is 9.47 Å². The molecule has 1 atom stereocenters. The van der Waals surface area contributed by atoms with Gasteiger partial charge in [0.2, 0.25) is 0 Å². The third-order valence-electron chi connectivity index (χ3n) is 4.46. The number of aryl methyl sites for hydroxylation is 1. The van der Waals surface area contributed by atoms with Gasteiger partial charge in [0.05, 0.1) is 10.6 Å². The number of benzene rings is 2. The molecule has 1 unspecified atom stereocenters. The molecule has 0 bridgehead atoms. The predicted molar refractivity (Wildman–Crippen MR) is 118 cm³/mol. The Hall–Kier alpha value is -1.90. The molecule has 1 heterocycles. The summed E-state index contributed by atoms with van der Waals surface area (Å²) in [5.41, 5.74) is 1.92. The van der Waals surface area contributed by atoms with Gasteiger partial charge in [-0.15, -0.1) is 0 Å². The van der Waals surface area contributed by atoms with Crippen LogP contribution in [0.3, 0.4) is 0 Å². The molecule has 1 fully saturated rings. The summed E-state index contributed by atoms with van der Waals surface area (Å²) in [4.78, 5) is 24.6. The Kier molecular flexibility index (Phi) is 7.69. The Balaban J connectivity index is 1.54. The van der Waals surface area contributed by atoms with E-state index in [9.17, 15) is 9.59 Å². The fourth-order valence-corrected chi connectivity index (χ4v) is 4.61. The summed E-state index contributed by atoms with van der Waals surface area (Å²) >= 11 is 6.85. The molecule has 154 valence electrons. The second-order valence-corrected chi connectivity index (χ2v) is 8.57. The van der Waals surface area contributed by atoms with E-state index >= 15 is 0 Å². The average molecular weight is 526 g/mol. The number of hydrogen-bond donors (Lipinski definition) is 2. The number of rotatable bonds is 7. The molecule has 29 heavy (non-hydrogen) atoms. The summed E-state index contributed by atoms with van der Waals surface area (Å²) in [6.07, 6.45) is 2.07. The van der Waals surface area contributed by atoms with E-state index in [1.807, 2.05) is 19.1 Å². The summed E-state index contributed by atoms with van der Waals surface area (Å²) in [5.74, 6) is 0.115. The molecular formula is C21H22Br2N2O4. The highest BCUT2D eigenvalue weighted by molar-refractivity contribution is 9.11. The molecule has 0 spiro atoms. The fourth-order valence-electron chi connectivity index (χ4n) is 3.06. The molecule has 0 radical (unpaired) electrons. The lowest BCUT2D eigenvalue weighted by Gasteiger charge is -2.13. The molecule has 3 rings (SSSR count). The average Bonchev–Trinajstić information content (AvgIpc) is 3.19. The van der Waals surface area contributed by atoms with Crippen LogP contribution in [0.25, 0.3) is 0 Å². The van der Waals surface area contributed by atoms with Gasteiger partial charge >= 0.3 is 0 Å². The molecule has 2 aromatic carbocycles. The van der Waals surface area contributed by atoms with Gasteiger partial charge in [-0.3, -0.25) is 9.59 Å². The van der Waals surface area contributed by atoms with Crippen LogP contribution in [-0.2, 0) is 9.53 Å². The Morgan fingerprint density at radius 3 is 2.79 bits per heavy atom. The zero-order chi connectivity index (χ0) is 20.8. The van der Waals surface area contributed by atoms with E-state index in [-0.39, 0.29) is 24.5 Å². The van der Waals surface area contributed by atoms with Crippen LogP contribution in [0.4, 0.5) is 5.69 Å². The van der Waals surface area contributed by atoms with Gasteiger partial charge in [0.15, 0.2) is 6.61 Å². The molecule has 1 aliphatic rings. The van der Waals surface area contributed by atoms with E-state index in [2.05, 4.69) is 42.5 Å². The third kappa shape index (κ3) is 6.29. The number of carbonyl (C=O) groups is 2. The van der Waals surface area contributed by atoms with Gasteiger partial charge in [-0.25, -0.2) is 0 Å². The summed E-state index contributed by atoms with van der Waals surface area (Å²) in [6, 6.07) is 10.6. The third-order valence-corrected chi connectivity index (χ3v) is 5.51. The van der Waals surface area contributed by atoms with Crippen LogP contribution in [-0.4, -0.2) is 37.7 Å². The van der Waals surface area contributed by atoms with E-state index < -0.39 is 0 Å². The van der Waals surface area contributed by atoms with E-state index in [0.717, 1.165) is 34.0 Å². The van der Waals surface area contributed by atoms with Crippen LogP contribution in [0.15, 0.2) is 45.3 Å². The normalized spacial score (nSPS) is 15.8. The molecule has 1 aliphatic heterocycles. The zero-order valence-corrected chi connectivity index (χ0v) is 19.1. The van der Waals surface area contributed by atoms with Crippen molar-refractivity contribution in [1.82, 2.24) is 5.32 Å². The van der Waals surface area contributed by atoms with Crippen molar-refractivity contribution < 1.29 is 19.1 Å². The van der Waals surface area contributed by atoms with Crippen LogP contribution >= 0.6 is 31.9 Å². The lowest BCUT2D eigenvalue weighted by Crippen LogP contribution is -2.31. The number of hydrogen-bond acceptors (Lipinski definition) is 4. The number of nitrogens with one attached hydrogen (secondary N) is 2. The molecular weight excluding hydrogens is 504 g/mol. The van der Waals surface area contributed by atoms with Gasteiger partial charge < -0.3 is 20.1 Å². The fraction of sp³-hybridized carbons (Fsp3) is 0.333. The van der Waals surface area contributed by atoms with Crippen molar-refractivity contribution >= 4 is 49.4 Å². The van der Waals surface area contributed by atoms with Gasteiger partial charge in [-0.2, -0.15) is 0 Å². The number of carbonyl (C=O) groups excluding carboxylic acids is 2. The molecule has 8 heteroatoms. The maximum absolute atomic E-state index is 12.3. The minimum atomic E-state index is -0.309.